The van der Waals surface area contributed by atoms with E-state index in [0.717, 1.165) is 11.5 Å². The van der Waals surface area contributed by atoms with E-state index in [2.05, 4.69) is 19.2 Å². The second-order valence-electron chi connectivity index (χ2n) is 4.56. The van der Waals surface area contributed by atoms with Crippen molar-refractivity contribution in [3.8, 4) is 0 Å². The van der Waals surface area contributed by atoms with Crippen molar-refractivity contribution in [2.45, 2.75) is 32.4 Å². The normalized spacial score (nSPS) is 25.1. The highest BCUT2D eigenvalue weighted by Crippen LogP contribution is 2.31. The summed E-state index contributed by atoms with van der Waals surface area (Å²) in [6.45, 7) is 4.31. The third-order valence-electron chi connectivity index (χ3n) is 3.18. The van der Waals surface area contributed by atoms with Crippen molar-refractivity contribution in [3.05, 3.63) is 39.9 Å². The molecule has 0 saturated heterocycles. The summed E-state index contributed by atoms with van der Waals surface area (Å²) < 4.78 is 0. The Bertz CT molecular complexity index is 389. The number of rotatable bonds is 4. The molecule has 1 aromatic carbocycles. The molecule has 1 saturated carbocycles. The standard InChI is InChI=1S/C12H16N2O2/c1-8-7-12(8)13-9(2)10-3-5-11(6-4-10)14(15)16/h3-6,8-9,12-13H,7H2,1-2H3. The van der Waals surface area contributed by atoms with Crippen LogP contribution in [0.4, 0.5) is 5.69 Å². The van der Waals surface area contributed by atoms with E-state index in [-0.39, 0.29) is 16.7 Å². The third kappa shape index (κ3) is 2.39. The van der Waals surface area contributed by atoms with Crippen molar-refractivity contribution >= 4 is 5.69 Å². The van der Waals surface area contributed by atoms with Crippen molar-refractivity contribution in [3.63, 3.8) is 0 Å². The maximum Gasteiger partial charge on any atom is 0.269 e. The lowest BCUT2D eigenvalue weighted by atomic mass is 10.1. The highest BCUT2D eigenvalue weighted by atomic mass is 16.6. The largest absolute Gasteiger partial charge is 0.307 e. The molecule has 1 fully saturated rings. The summed E-state index contributed by atoms with van der Waals surface area (Å²) in [5, 5.41) is 14.0. The van der Waals surface area contributed by atoms with Gasteiger partial charge < -0.3 is 5.32 Å². The SMILES string of the molecule is CC(NC1CC1C)c1ccc([N+](=O)[O-])cc1. The molecule has 0 radical (unpaired) electrons. The van der Waals surface area contributed by atoms with Gasteiger partial charge in [0.05, 0.1) is 4.92 Å². The summed E-state index contributed by atoms with van der Waals surface area (Å²) in [6, 6.07) is 7.64. The van der Waals surface area contributed by atoms with Gasteiger partial charge in [-0.05, 0) is 24.8 Å². The summed E-state index contributed by atoms with van der Waals surface area (Å²) in [6.07, 6.45) is 1.23. The highest BCUT2D eigenvalue weighted by Gasteiger charge is 2.33. The molecule has 1 aliphatic carbocycles. The van der Waals surface area contributed by atoms with E-state index in [0.29, 0.717) is 6.04 Å². The third-order valence-corrected chi connectivity index (χ3v) is 3.18. The molecule has 3 unspecified atom stereocenters. The minimum atomic E-state index is -0.370. The van der Waals surface area contributed by atoms with Gasteiger partial charge >= 0.3 is 0 Å². The zero-order valence-electron chi connectivity index (χ0n) is 9.51. The van der Waals surface area contributed by atoms with E-state index < -0.39 is 0 Å². The number of nitrogens with zero attached hydrogens (tertiary/aromatic N) is 1. The van der Waals surface area contributed by atoms with Gasteiger partial charge in [0.15, 0.2) is 0 Å². The molecule has 4 heteroatoms. The van der Waals surface area contributed by atoms with Gasteiger partial charge in [-0.1, -0.05) is 19.1 Å². The molecule has 0 heterocycles. The lowest BCUT2D eigenvalue weighted by molar-refractivity contribution is -0.384. The average molecular weight is 220 g/mol. The van der Waals surface area contributed by atoms with Crippen LogP contribution in [0, 0.1) is 16.0 Å². The van der Waals surface area contributed by atoms with Gasteiger partial charge in [-0.2, -0.15) is 0 Å². The molecule has 1 N–H and O–H groups in total. The summed E-state index contributed by atoms with van der Waals surface area (Å²) >= 11 is 0. The second-order valence-corrected chi connectivity index (χ2v) is 4.56. The molecule has 86 valence electrons. The fourth-order valence-electron chi connectivity index (χ4n) is 1.86. The Hall–Kier alpha value is -1.42. The number of non-ortho nitro benzene ring substituents is 1. The first-order valence-corrected chi connectivity index (χ1v) is 5.58. The van der Waals surface area contributed by atoms with E-state index in [9.17, 15) is 10.1 Å². The van der Waals surface area contributed by atoms with Crippen LogP contribution in [0.2, 0.25) is 0 Å². The topological polar surface area (TPSA) is 55.2 Å². The summed E-state index contributed by atoms with van der Waals surface area (Å²) in [5.74, 6) is 0.764. The van der Waals surface area contributed by atoms with E-state index in [4.69, 9.17) is 0 Å². The van der Waals surface area contributed by atoms with Crippen LogP contribution >= 0.6 is 0 Å². The first kappa shape index (κ1) is 11.1. The fourth-order valence-corrected chi connectivity index (χ4v) is 1.86. The maximum atomic E-state index is 10.5. The Balaban J connectivity index is 2.00. The molecule has 1 aromatic rings. The van der Waals surface area contributed by atoms with Crippen molar-refractivity contribution in [2.24, 2.45) is 5.92 Å². The Labute approximate surface area is 94.8 Å². The molecule has 0 aromatic heterocycles. The van der Waals surface area contributed by atoms with Crippen LogP contribution in [-0.2, 0) is 0 Å². The fraction of sp³-hybridized carbons (Fsp3) is 0.500. The number of hydrogen-bond donors (Lipinski definition) is 1. The number of benzene rings is 1. The smallest absolute Gasteiger partial charge is 0.269 e. The molecule has 3 atom stereocenters. The van der Waals surface area contributed by atoms with Gasteiger partial charge in [-0.25, -0.2) is 0 Å². The molecule has 0 amide bonds. The van der Waals surface area contributed by atoms with Crippen LogP contribution in [0.15, 0.2) is 24.3 Å². The molecule has 16 heavy (non-hydrogen) atoms. The lowest BCUT2D eigenvalue weighted by Gasteiger charge is -2.13. The molecular formula is C12H16N2O2. The molecular weight excluding hydrogens is 204 g/mol. The van der Waals surface area contributed by atoms with Gasteiger partial charge in [0.1, 0.15) is 0 Å². The molecule has 2 rings (SSSR count). The second kappa shape index (κ2) is 4.22. The van der Waals surface area contributed by atoms with Crippen molar-refractivity contribution in [2.75, 3.05) is 0 Å². The van der Waals surface area contributed by atoms with Crippen molar-refractivity contribution in [1.82, 2.24) is 5.32 Å². The Morgan fingerprint density at radius 1 is 1.44 bits per heavy atom. The Kier molecular flexibility index (Phi) is 2.92. The zero-order chi connectivity index (χ0) is 11.7. The lowest BCUT2D eigenvalue weighted by Crippen LogP contribution is -2.21. The van der Waals surface area contributed by atoms with Crippen molar-refractivity contribution < 1.29 is 4.92 Å². The van der Waals surface area contributed by atoms with Gasteiger partial charge in [0, 0.05) is 24.2 Å². The van der Waals surface area contributed by atoms with E-state index in [1.54, 1.807) is 12.1 Å². The van der Waals surface area contributed by atoms with E-state index >= 15 is 0 Å². The van der Waals surface area contributed by atoms with E-state index in [1.807, 2.05) is 12.1 Å². The van der Waals surface area contributed by atoms with Crippen molar-refractivity contribution in [1.29, 1.82) is 0 Å². The predicted molar refractivity (Wildman–Crippen MR) is 62.2 cm³/mol. The summed E-state index contributed by atoms with van der Waals surface area (Å²) in [7, 11) is 0. The quantitative estimate of drug-likeness (QED) is 0.627. The number of nitro groups is 1. The minimum absolute atomic E-state index is 0.149. The average Bonchev–Trinajstić information content (AvgIpc) is 2.94. The van der Waals surface area contributed by atoms with Crippen LogP contribution in [0.5, 0.6) is 0 Å². The monoisotopic (exact) mass is 220 g/mol. The molecule has 0 aliphatic heterocycles. The number of nitro benzene ring substituents is 1. The van der Waals surface area contributed by atoms with Crippen LogP contribution in [0.3, 0.4) is 0 Å². The summed E-state index contributed by atoms with van der Waals surface area (Å²) in [5.41, 5.74) is 1.25. The summed E-state index contributed by atoms with van der Waals surface area (Å²) in [4.78, 5) is 10.1. The molecule has 0 spiro atoms. The van der Waals surface area contributed by atoms with E-state index in [1.165, 1.54) is 6.42 Å². The minimum Gasteiger partial charge on any atom is -0.307 e. The zero-order valence-corrected chi connectivity index (χ0v) is 9.51. The van der Waals surface area contributed by atoms with Crippen LogP contribution in [0.25, 0.3) is 0 Å². The van der Waals surface area contributed by atoms with Crippen LogP contribution in [-0.4, -0.2) is 11.0 Å². The van der Waals surface area contributed by atoms with Gasteiger partial charge in [-0.15, -0.1) is 0 Å². The predicted octanol–water partition coefficient (Wildman–Crippen LogP) is 2.65. The number of nitrogens with one attached hydrogen (secondary N) is 1. The Morgan fingerprint density at radius 3 is 2.44 bits per heavy atom. The van der Waals surface area contributed by atoms with Crippen LogP contribution in [0.1, 0.15) is 31.9 Å². The van der Waals surface area contributed by atoms with Gasteiger partial charge in [0.25, 0.3) is 5.69 Å². The first-order valence-electron chi connectivity index (χ1n) is 5.58. The highest BCUT2D eigenvalue weighted by molar-refractivity contribution is 5.34. The molecule has 0 bridgehead atoms. The molecule has 1 aliphatic rings. The Morgan fingerprint density at radius 2 is 2.00 bits per heavy atom. The van der Waals surface area contributed by atoms with Gasteiger partial charge in [-0.3, -0.25) is 10.1 Å². The first-order chi connectivity index (χ1) is 7.58. The maximum absolute atomic E-state index is 10.5. The molecule has 4 nitrogen and oxygen atoms in total. The number of hydrogen-bond acceptors (Lipinski definition) is 3. The van der Waals surface area contributed by atoms with Crippen LogP contribution < -0.4 is 5.32 Å². The van der Waals surface area contributed by atoms with Gasteiger partial charge in [0.2, 0.25) is 0 Å².